The highest BCUT2D eigenvalue weighted by molar-refractivity contribution is 7.13. The number of hydrogen-bond acceptors (Lipinski definition) is 5. The standard InChI is InChI=1S/C17H22N2O3S/c1-17(2,3)16-19-10-14(23-16)15(20)18-9-11-6-7-12(21-4)13(8-11)22-5/h6-8,10H,9H2,1-5H3,(H,18,20). The summed E-state index contributed by atoms with van der Waals surface area (Å²) in [7, 11) is 3.18. The number of nitrogens with zero attached hydrogens (tertiary/aromatic N) is 1. The van der Waals surface area contributed by atoms with Crippen LogP contribution in [0.2, 0.25) is 0 Å². The van der Waals surface area contributed by atoms with Gasteiger partial charge in [-0.05, 0) is 17.7 Å². The summed E-state index contributed by atoms with van der Waals surface area (Å²) in [6.45, 7) is 6.66. The van der Waals surface area contributed by atoms with Gasteiger partial charge in [0.2, 0.25) is 0 Å². The van der Waals surface area contributed by atoms with Crippen LogP contribution in [0.4, 0.5) is 0 Å². The lowest BCUT2D eigenvalue weighted by atomic mass is 9.98. The minimum atomic E-state index is -0.118. The van der Waals surface area contributed by atoms with Gasteiger partial charge in [-0.1, -0.05) is 26.8 Å². The van der Waals surface area contributed by atoms with E-state index >= 15 is 0 Å². The van der Waals surface area contributed by atoms with E-state index in [1.165, 1.54) is 11.3 Å². The Labute approximate surface area is 140 Å². The zero-order valence-electron chi connectivity index (χ0n) is 14.1. The smallest absolute Gasteiger partial charge is 0.263 e. The average molecular weight is 334 g/mol. The molecule has 0 aliphatic rings. The van der Waals surface area contributed by atoms with Crippen molar-refractivity contribution in [1.82, 2.24) is 10.3 Å². The normalized spacial score (nSPS) is 11.2. The van der Waals surface area contributed by atoms with Gasteiger partial charge in [-0.2, -0.15) is 0 Å². The number of benzene rings is 1. The van der Waals surface area contributed by atoms with E-state index in [4.69, 9.17) is 9.47 Å². The molecule has 0 fully saturated rings. The molecule has 5 nitrogen and oxygen atoms in total. The van der Waals surface area contributed by atoms with Crippen LogP contribution in [0.5, 0.6) is 11.5 Å². The number of carbonyl (C=O) groups excluding carboxylic acids is 1. The molecule has 0 unspecified atom stereocenters. The van der Waals surface area contributed by atoms with Crippen molar-refractivity contribution in [2.45, 2.75) is 32.7 Å². The number of methoxy groups -OCH3 is 2. The predicted octanol–water partition coefficient (Wildman–Crippen LogP) is 3.39. The van der Waals surface area contributed by atoms with Crippen LogP contribution in [0.1, 0.15) is 41.0 Å². The Morgan fingerprint density at radius 1 is 1.22 bits per heavy atom. The van der Waals surface area contributed by atoms with Crippen molar-refractivity contribution in [3.8, 4) is 11.5 Å². The minimum Gasteiger partial charge on any atom is -0.493 e. The number of aromatic nitrogens is 1. The Morgan fingerprint density at radius 2 is 1.91 bits per heavy atom. The molecule has 0 aliphatic carbocycles. The van der Waals surface area contributed by atoms with E-state index in [1.807, 2.05) is 18.2 Å². The molecule has 1 aromatic heterocycles. The molecule has 0 saturated heterocycles. The number of hydrogen-bond donors (Lipinski definition) is 1. The van der Waals surface area contributed by atoms with Gasteiger partial charge in [0, 0.05) is 12.0 Å². The van der Waals surface area contributed by atoms with Crippen molar-refractivity contribution < 1.29 is 14.3 Å². The maximum atomic E-state index is 12.2. The van der Waals surface area contributed by atoms with Crippen LogP contribution in [0, 0.1) is 0 Å². The molecular formula is C17H22N2O3S. The van der Waals surface area contributed by atoms with Crippen LogP contribution in [-0.4, -0.2) is 25.1 Å². The first kappa shape index (κ1) is 17.3. The molecule has 2 rings (SSSR count). The Balaban J connectivity index is 2.03. The number of ether oxygens (including phenoxy) is 2. The second-order valence-corrected chi connectivity index (χ2v) is 7.18. The monoisotopic (exact) mass is 334 g/mol. The Bertz CT molecular complexity index is 689. The summed E-state index contributed by atoms with van der Waals surface area (Å²) in [6, 6.07) is 5.58. The lowest BCUT2D eigenvalue weighted by Crippen LogP contribution is -2.21. The van der Waals surface area contributed by atoms with Gasteiger partial charge in [0.25, 0.3) is 5.91 Å². The van der Waals surface area contributed by atoms with Crippen LogP contribution < -0.4 is 14.8 Å². The van der Waals surface area contributed by atoms with Crippen LogP contribution in [0.3, 0.4) is 0 Å². The van der Waals surface area contributed by atoms with Gasteiger partial charge >= 0.3 is 0 Å². The summed E-state index contributed by atoms with van der Waals surface area (Å²) in [5.74, 6) is 1.19. The van der Waals surface area contributed by atoms with E-state index in [0.29, 0.717) is 22.9 Å². The highest BCUT2D eigenvalue weighted by Crippen LogP contribution is 2.28. The summed E-state index contributed by atoms with van der Waals surface area (Å²) in [6.07, 6.45) is 1.63. The highest BCUT2D eigenvalue weighted by Gasteiger charge is 2.20. The molecule has 0 aliphatic heterocycles. The fourth-order valence-electron chi connectivity index (χ4n) is 1.99. The van der Waals surface area contributed by atoms with Crippen LogP contribution in [0.15, 0.2) is 24.4 Å². The first-order valence-electron chi connectivity index (χ1n) is 7.30. The van der Waals surface area contributed by atoms with Crippen LogP contribution >= 0.6 is 11.3 Å². The third-order valence-corrected chi connectivity index (χ3v) is 4.69. The van der Waals surface area contributed by atoms with E-state index in [-0.39, 0.29) is 11.3 Å². The molecule has 0 bridgehead atoms. The Morgan fingerprint density at radius 3 is 2.48 bits per heavy atom. The zero-order chi connectivity index (χ0) is 17.0. The molecule has 23 heavy (non-hydrogen) atoms. The maximum Gasteiger partial charge on any atom is 0.263 e. The lowest BCUT2D eigenvalue weighted by molar-refractivity contribution is 0.0954. The third kappa shape index (κ3) is 4.22. The predicted molar refractivity (Wildman–Crippen MR) is 91.5 cm³/mol. The average Bonchev–Trinajstić information content (AvgIpc) is 3.02. The summed E-state index contributed by atoms with van der Waals surface area (Å²) in [5.41, 5.74) is 0.892. The molecule has 1 heterocycles. The van der Waals surface area contributed by atoms with Crippen LogP contribution in [-0.2, 0) is 12.0 Å². The van der Waals surface area contributed by atoms with Gasteiger partial charge in [-0.3, -0.25) is 4.79 Å². The quantitative estimate of drug-likeness (QED) is 0.910. The molecule has 6 heteroatoms. The SMILES string of the molecule is COc1ccc(CNC(=O)c2cnc(C(C)(C)C)s2)cc1OC. The highest BCUT2D eigenvalue weighted by atomic mass is 32.1. The molecule has 1 amide bonds. The minimum absolute atomic E-state index is 0.0491. The van der Waals surface area contributed by atoms with E-state index in [1.54, 1.807) is 20.4 Å². The Kier molecular flexibility index (Phi) is 5.26. The van der Waals surface area contributed by atoms with Gasteiger partial charge in [0.15, 0.2) is 11.5 Å². The molecule has 2 aromatic rings. The molecule has 1 N–H and O–H groups in total. The molecule has 0 saturated carbocycles. The van der Waals surface area contributed by atoms with Crippen molar-refractivity contribution in [2.75, 3.05) is 14.2 Å². The topological polar surface area (TPSA) is 60.5 Å². The Hall–Kier alpha value is -2.08. The molecule has 0 spiro atoms. The van der Waals surface area contributed by atoms with Gasteiger partial charge in [0.1, 0.15) is 4.88 Å². The van der Waals surface area contributed by atoms with Crippen molar-refractivity contribution >= 4 is 17.2 Å². The summed E-state index contributed by atoms with van der Waals surface area (Å²) in [5, 5.41) is 3.86. The number of carbonyl (C=O) groups is 1. The molecule has 0 radical (unpaired) electrons. The van der Waals surface area contributed by atoms with E-state index in [2.05, 4.69) is 31.1 Å². The molecule has 124 valence electrons. The second-order valence-electron chi connectivity index (χ2n) is 6.15. The van der Waals surface area contributed by atoms with Crippen molar-refractivity contribution in [3.05, 3.63) is 39.8 Å². The molecule has 0 atom stereocenters. The fraction of sp³-hybridized carbons (Fsp3) is 0.412. The summed E-state index contributed by atoms with van der Waals surface area (Å²) in [4.78, 5) is 17.2. The largest absolute Gasteiger partial charge is 0.493 e. The van der Waals surface area contributed by atoms with Crippen molar-refractivity contribution in [3.63, 3.8) is 0 Å². The van der Waals surface area contributed by atoms with Gasteiger partial charge in [0.05, 0.1) is 25.4 Å². The second kappa shape index (κ2) is 7.00. The fourth-order valence-corrected chi connectivity index (χ4v) is 2.88. The van der Waals surface area contributed by atoms with E-state index < -0.39 is 0 Å². The maximum absolute atomic E-state index is 12.2. The van der Waals surface area contributed by atoms with Crippen LogP contribution in [0.25, 0.3) is 0 Å². The molecular weight excluding hydrogens is 312 g/mol. The van der Waals surface area contributed by atoms with E-state index in [9.17, 15) is 4.79 Å². The third-order valence-electron chi connectivity index (χ3n) is 3.27. The number of thiazole rings is 1. The summed E-state index contributed by atoms with van der Waals surface area (Å²) < 4.78 is 10.5. The van der Waals surface area contributed by atoms with Gasteiger partial charge in [-0.15, -0.1) is 11.3 Å². The first-order valence-corrected chi connectivity index (χ1v) is 8.12. The number of amides is 1. The molecule has 1 aromatic carbocycles. The zero-order valence-corrected chi connectivity index (χ0v) is 14.9. The van der Waals surface area contributed by atoms with Gasteiger partial charge < -0.3 is 14.8 Å². The summed E-state index contributed by atoms with van der Waals surface area (Å²) >= 11 is 1.43. The number of nitrogens with one attached hydrogen (secondary N) is 1. The first-order chi connectivity index (χ1) is 10.8. The number of rotatable bonds is 5. The lowest BCUT2D eigenvalue weighted by Gasteiger charge is -2.13. The van der Waals surface area contributed by atoms with E-state index in [0.717, 1.165) is 10.6 Å². The van der Waals surface area contributed by atoms with Gasteiger partial charge in [-0.25, -0.2) is 4.98 Å². The van der Waals surface area contributed by atoms with Crippen molar-refractivity contribution in [1.29, 1.82) is 0 Å². The van der Waals surface area contributed by atoms with Crippen molar-refractivity contribution in [2.24, 2.45) is 0 Å².